The molecule has 5 rings (SSSR count). The molecule has 1 fully saturated rings. The van der Waals surface area contributed by atoms with Crippen LogP contribution in [0.5, 0.6) is 5.75 Å². The lowest BCUT2D eigenvalue weighted by atomic mass is 9.96. The summed E-state index contributed by atoms with van der Waals surface area (Å²) in [4.78, 5) is 20.6. The quantitative estimate of drug-likeness (QED) is 0.475. The van der Waals surface area contributed by atoms with E-state index in [1.165, 1.54) is 11.3 Å². The number of carbonyl (C=O) groups is 1. The van der Waals surface area contributed by atoms with Crippen molar-refractivity contribution in [2.24, 2.45) is 5.92 Å². The maximum atomic E-state index is 12.8. The van der Waals surface area contributed by atoms with Crippen molar-refractivity contribution in [3.8, 4) is 16.3 Å². The van der Waals surface area contributed by atoms with Crippen LogP contribution in [0.1, 0.15) is 12.8 Å². The number of thiophene rings is 1. The molecule has 1 aromatic carbocycles. The van der Waals surface area contributed by atoms with E-state index in [2.05, 4.69) is 25.4 Å². The van der Waals surface area contributed by atoms with E-state index in [9.17, 15) is 4.79 Å². The highest BCUT2D eigenvalue weighted by molar-refractivity contribution is 7.22. The number of benzene rings is 1. The Bertz CT molecular complexity index is 1180. The number of thiazole rings is 1. The van der Waals surface area contributed by atoms with E-state index in [0.29, 0.717) is 5.13 Å². The topological polar surface area (TPSA) is 80.2 Å². The highest BCUT2D eigenvalue weighted by Gasteiger charge is 2.26. The van der Waals surface area contributed by atoms with E-state index < -0.39 is 0 Å². The van der Waals surface area contributed by atoms with Gasteiger partial charge < -0.3 is 15.0 Å². The van der Waals surface area contributed by atoms with E-state index in [0.717, 1.165) is 58.3 Å². The van der Waals surface area contributed by atoms with Crippen molar-refractivity contribution in [2.75, 3.05) is 30.4 Å². The van der Waals surface area contributed by atoms with Crippen LogP contribution in [0.4, 0.5) is 10.9 Å². The Morgan fingerprint density at radius 1 is 1.16 bits per heavy atom. The summed E-state index contributed by atoms with van der Waals surface area (Å²) in [6.07, 6.45) is 1.55. The third-order valence-electron chi connectivity index (χ3n) is 5.44. The molecule has 0 radical (unpaired) electrons. The monoisotopic (exact) mass is 451 g/mol. The smallest absolute Gasteiger partial charge is 0.229 e. The van der Waals surface area contributed by atoms with Crippen molar-refractivity contribution in [3.63, 3.8) is 0 Å². The van der Waals surface area contributed by atoms with Gasteiger partial charge in [0, 0.05) is 19.0 Å². The van der Waals surface area contributed by atoms with Crippen LogP contribution >= 0.6 is 22.7 Å². The molecule has 1 aliphatic heterocycles. The first-order valence-electron chi connectivity index (χ1n) is 10.1. The highest BCUT2D eigenvalue weighted by atomic mass is 32.1. The second-order valence-corrected chi connectivity index (χ2v) is 9.34. The molecule has 1 aliphatic rings. The first-order valence-corrected chi connectivity index (χ1v) is 11.8. The maximum Gasteiger partial charge on any atom is 0.229 e. The summed E-state index contributed by atoms with van der Waals surface area (Å²) < 4.78 is 6.25. The number of nitrogens with zero attached hydrogens (tertiary/aromatic N) is 4. The third kappa shape index (κ3) is 4.24. The van der Waals surface area contributed by atoms with Crippen LogP contribution in [-0.2, 0) is 4.79 Å². The third-order valence-corrected chi connectivity index (χ3v) is 7.27. The van der Waals surface area contributed by atoms with Crippen LogP contribution in [0, 0.1) is 5.92 Å². The normalized spacial score (nSPS) is 14.7. The van der Waals surface area contributed by atoms with Crippen molar-refractivity contribution >= 4 is 49.7 Å². The molecule has 4 heterocycles. The number of anilines is 2. The lowest BCUT2D eigenvalue weighted by molar-refractivity contribution is -0.120. The maximum absolute atomic E-state index is 12.8. The summed E-state index contributed by atoms with van der Waals surface area (Å²) in [6, 6.07) is 13.8. The fraction of sp³-hybridized carbons (Fsp3) is 0.273. The van der Waals surface area contributed by atoms with E-state index in [-0.39, 0.29) is 11.8 Å². The van der Waals surface area contributed by atoms with Gasteiger partial charge in [-0.25, -0.2) is 4.98 Å². The molecule has 0 spiro atoms. The molecular weight excluding hydrogens is 430 g/mol. The summed E-state index contributed by atoms with van der Waals surface area (Å²) in [5.74, 6) is 1.65. The largest absolute Gasteiger partial charge is 0.497 e. The lowest BCUT2D eigenvalue weighted by Gasteiger charge is -2.31. The van der Waals surface area contributed by atoms with Gasteiger partial charge in [0.15, 0.2) is 10.9 Å². The minimum Gasteiger partial charge on any atom is -0.497 e. The zero-order valence-corrected chi connectivity index (χ0v) is 18.6. The Kier molecular flexibility index (Phi) is 5.52. The van der Waals surface area contributed by atoms with Crippen LogP contribution < -0.4 is 15.0 Å². The van der Waals surface area contributed by atoms with E-state index >= 15 is 0 Å². The van der Waals surface area contributed by atoms with Gasteiger partial charge in [0.2, 0.25) is 5.91 Å². The fourth-order valence-corrected chi connectivity index (χ4v) is 5.30. The van der Waals surface area contributed by atoms with Crippen molar-refractivity contribution in [1.29, 1.82) is 0 Å². The van der Waals surface area contributed by atoms with Crippen molar-refractivity contribution in [2.45, 2.75) is 12.8 Å². The molecule has 0 atom stereocenters. The summed E-state index contributed by atoms with van der Waals surface area (Å²) in [6.45, 7) is 1.56. The molecular formula is C22H21N5O2S2. The molecule has 3 aromatic heterocycles. The van der Waals surface area contributed by atoms with E-state index in [1.54, 1.807) is 18.4 Å². The zero-order chi connectivity index (χ0) is 21.2. The van der Waals surface area contributed by atoms with Gasteiger partial charge in [-0.2, -0.15) is 0 Å². The Labute approximate surface area is 187 Å². The number of carbonyl (C=O) groups excluding carboxylic acids is 1. The number of amides is 1. The van der Waals surface area contributed by atoms with Gasteiger partial charge in [-0.05, 0) is 54.6 Å². The summed E-state index contributed by atoms with van der Waals surface area (Å²) in [5.41, 5.74) is 1.75. The number of aromatic nitrogens is 3. The fourth-order valence-electron chi connectivity index (χ4n) is 3.71. The molecule has 0 unspecified atom stereocenters. The van der Waals surface area contributed by atoms with E-state index in [1.807, 2.05) is 47.8 Å². The second-order valence-electron chi connectivity index (χ2n) is 7.36. The molecule has 1 N–H and O–H groups in total. The Hall–Kier alpha value is -3.04. The lowest BCUT2D eigenvalue weighted by Crippen LogP contribution is -2.38. The number of fused-ring (bicyclic) bond motifs is 1. The van der Waals surface area contributed by atoms with Crippen molar-refractivity contribution < 1.29 is 9.53 Å². The molecule has 9 heteroatoms. The van der Waals surface area contributed by atoms with Gasteiger partial charge in [-0.1, -0.05) is 17.4 Å². The summed E-state index contributed by atoms with van der Waals surface area (Å²) in [5, 5.41) is 14.4. The molecule has 1 saturated heterocycles. The number of methoxy groups -OCH3 is 1. The SMILES string of the molecule is COc1ccc2nc(NC(=O)C3CCN(c4ccc(-c5cccs5)nn4)CC3)sc2c1. The molecule has 0 saturated carbocycles. The Balaban J connectivity index is 1.19. The van der Waals surface area contributed by atoms with Crippen molar-refractivity contribution in [3.05, 3.63) is 47.8 Å². The summed E-state index contributed by atoms with van der Waals surface area (Å²) >= 11 is 3.12. The predicted molar refractivity (Wildman–Crippen MR) is 125 cm³/mol. The number of piperidine rings is 1. The average molecular weight is 452 g/mol. The van der Waals surface area contributed by atoms with Gasteiger partial charge >= 0.3 is 0 Å². The molecule has 1 amide bonds. The second kappa shape index (κ2) is 8.60. The highest BCUT2D eigenvalue weighted by Crippen LogP contribution is 2.30. The minimum absolute atomic E-state index is 0.0313. The Morgan fingerprint density at radius 2 is 2.03 bits per heavy atom. The average Bonchev–Trinajstić information content (AvgIpc) is 3.48. The number of hydrogen-bond donors (Lipinski definition) is 1. The number of hydrogen-bond acceptors (Lipinski definition) is 8. The number of ether oxygens (including phenoxy) is 1. The molecule has 158 valence electrons. The standard InChI is InChI=1S/C22H21N5O2S2/c1-29-15-4-5-16-19(13-15)31-22(23-16)24-21(28)14-8-10-27(11-9-14)20-7-6-17(25-26-20)18-3-2-12-30-18/h2-7,12-14H,8-11H2,1H3,(H,23,24,28). The molecule has 0 bridgehead atoms. The zero-order valence-electron chi connectivity index (χ0n) is 16.9. The number of nitrogens with one attached hydrogen (secondary N) is 1. The van der Waals surface area contributed by atoms with E-state index in [4.69, 9.17) is 4.74 Å². The van der Waals surface area contributed by atoms with Gasteiger partial charge in [-0.3, -0.25) is 4.79 Å². The summed E-state index contributed by atoms with van der Waals surface area (Å²) in [7, 11) is 1.64. The first-order chi connectivity index (χ1) is 15.2. The van der Waals surface area contributed by atoms with Gasteiger partial charge in [-0.15, -0.1) is 21.5 Å². The first kappa shape index (κ1) is 19.9. The van der Waals surface area contributed by atoms with Crippen LogP contribution in [0.25, 0.3) is 20.8 Å². The van der Waals surface area contributed by atoms with Crippen LogP contribution in [-0.4, -0.2) is 41.3 Å². The minimum atomic E-state index is -0.0313. The molecule has 7 nitrogen and oxygen atoms in total. The van der Waals surface area contributed by atoms with Gasteiger partial charge in [0.1, 0.15) is 11.4 Å². The molecule has 31 heavy (non-hydrogen) atoms. The Morgan fingerprint density at radius 3 is 2.74 bits per heavy atom. The number of rotatable bonds is 5. The molecule has 4 aromatic rings. The van der Waals surface area contributed by atoms with Crippen LogP contribution in [0.15, 0.2) is 47.8 Å². The van der Waals surface area contributed by atoms with Gasteiger partial charge in [0.25, 0.3) is 0 Å². The molecule has 0 aliphatic carbocycles. The van der Waals surface area contributed by atoms with Crippen molar-refractivity contribution in [1.82, 2.24) is 15.2 Å². The van der Waals surface area contributed by atoms with Crippen LogP contribution in [0.3, 0.4) is 0 Å². The predicted octanol–water partition coefficient (Wildman–Crippen LogP) is 4.68. The van der Waals surface area contributed by atoms with Gasteiger partial charge in [0.05, 0.1) is 22.2 Å². The van der Waals surface area contributed by atoms with Crippen LogP contribution in [0.2, 0.25) is 0 Å².